The van der Waals surface area contributed by atoms with E-state index in [0.717, 1.165) is 10.0 Å². The summed E-state index contributed by atoms with van der Waals surface area (Å²) in [6, 6.07) is 9.25. The van der Waals surface area contributed by atoms with Gasteiger partial charge in [-0.3, -0.25) is 0 Å². The molecule has 0 unspecified atom stereocenters. The first-order chi connectivity index (χ1) is 8.15. The van der Waals surface area contributed by atoms with Crippen LogP contribution in [-0.2, 0) is 6.61 Å². The average Bonchev–Trinajstić information content (AvgIpc) is 2.28. The molecule has 2 N–H and O–H groups in total. The zero-order valence-electron chi connectivity index (χ0n) is 8.86. The molecule has 0 saturated carbocycles. The van der Waals surface area contributed by atoms with E-state index in [-0.39, 0.29) is 0 Å². The Balaban J connectivity index is 2.07. The number of aromatic nitrogens is 1. The van der Waals surface area contributed by atoms with Gasteiger partial charge in [0.2, 0.25) is 5.88 Å². The molecule has 0 radical (unpaired) electrons. The lowest BCUT2D eigenvalue weighted by molar-refractivity contribution is 0.292. The minimum atomic E-state index is 0.413. The average molecular weight is 314 g/mol. The molecule has 0 aliphatic rings. The second-order valence-electron chi connectivity index (χ2n) is 3.47. The summed E-state index contributed by atoms with van der Waals surface area (Å²) in [5, 5.41) is 0.690. The first-order valence-electron chi connectivity index (χ1n) is 4.93. The van der Waals surface area contributed by atoms with Gasteiger partial charge >= 0.3 is 0 Å². The Bertz CT molecular complexity index is 534. The van der Waals surface area contributed by atoms with Crippen LogP contribution in [0.1, 0.15) is 5.56 Å². The van der Waals surface area contributed by atoms with Gasteiger partial charge in [-0.05, 0) is 39.7 Å². The summed E-state index contributed by atoms with van der Waals surface area (Å²) < 4.78 is 6.30. The summed E-state index contributed by atoms with van der Waals surface area (Å²) in [6.07, 6.45) is 1.55. The number of rotatable bonds is 3. The maximum absolute atomic E-state index is 5.88. The van der Waals surface area contributed by atoms with Crippen LogP contribution in [0.25, 0.3) is 0 Å². The number of ether oxygens (including phenoxy) is 1. The van der Waals surface area contributed by atoms with Crippen molar-refractivity contribution in [1.82, 2.24) is 4.98 Å². The third kappa shape index (κ3) is 3.35. The topological polar surface area (TPSA) is 48.1 Å². The van der Waals surface area contributed by atoms with Crippen molar-refractivity contribution in [3.05, 3.63) is 51.6 Å². The van der Waals surface area contributed by atoms with Gasteiger partial charge in [-0.25, -0.2) is 4.98 Å². The van der Waals surface area contributed by atoms with Crippen LogP contribution in [0.2, 0.25) is 5.02 Å². The Kier molecular flexibility index (Phi) is 3.86. The molecule has 0 spiro atoms. The van der Waals surface area contributed by atoms with Crippen molar-refractivity contribution in [2.75, 3.05) is 5.73 Å². The summed E-state index contributed by atoms with van der Waals surface area (Å²) in [6.45, 7) is 0.413. The molecule has 2 rings (SSSR count). The van der Waals surface area contributed by atoms with E-state index >= 15 is 0 Å². The summed E-state index contributed by atoms with van der Waals surface area (Å²) in [4.78, 5) is 4.09. The molecule has 0 saturated heterocycles. The molecule has 17 heavy (non-hydrogen) atoms. The predicted octanol–water partition coefficient (Wildman–Crippen LogP) is 3.66. The zero-order valence-corrected chi connectivity index (χ0v) is 11.2. The molecule has 0 aliphatic heterocycles. The molecule has 1 aromatic heterocycles. The number of nitrogens with zero attached hydrogens (tertiary/aromatic N) is 1. The van der Waals surface area contributed by atoms with Gasteiger partial charge in [-0.2, -0.15) is 0 Å². The number of anilines is 1. The quantitative estimate of drug-likeness (QED) is 0.940. The van der Waals surface area contributed by atoms with Crippen LogP contribution >= 0.6 is 27.5 Å². The van der Waals surface area contributed by atoms with Gasteiger partial charge in [0.15, 0.2) is 0 Å². The van der Waals surface area contributed by atoms with E-state index in [1.165, 1.54) is 0 Å². The molecule has 88 valence electrons. The number of pyridine rings is 1. The molecule has 5 heteroatoms. The van der Waals surface area contributed by atoms with Crippen LogP contribution in [-0.4, -0.2) is 4.98 Å². The number of halogens is 2. The van der Waals surface area contributed by atoms with Gasteiger partial charge in [-0.15, -0.1) is 0 Å². The molecular formula is C12H10BrClN2O. The number of nitrogens with two attached hydrogens (primary N) is 1. The maximum Gasteiger partial charge on any atom is 0.228 e. The van der Waals surface area contributed by atoms with Gasteiger partial charge in [0.1, 0.15) is 6.61 Å². The monoisotopic (exact) mass is 312 g/mol. The fourth-order valence-electron chi connectivity index (χ4n) is 1.32. The van der Waals surface area contributed by atoms with Gasteiger partial charge in [0.25, 0.3) is 0 Å². The Morgan fingerprint density at radius 1 is 1.35 bits per heavy atom. The van der Waals surface area contributed by atoms with Gasteiger partial charge in [0, 0.05) is 5.02 Å². The molecule has 1 aromatic carbocycles. The van der Waals surface area contributed by atoms with Crippen molar-refractivity contribution in [2.24, 2.45) is 0 Å². The van der Waals surface area contributed by atoms with Crippen molar-refractivity contribution in [3.8, 4) is 5.88 Å². The number of hydrogen-bond acceptors (Lipinski definition) is 3. The fourth-order valence-corrected chi connectivity index (χ4v) is 2.02. The highest BCUT2D eigenvalue weighted by Gasteiger charge is 2.03. The zero-order chi connectivity index (χ0) is 12.3. The lowest BCUT2D eigenvalue weighted by Gasteiger charge is -2.07. The second kappa shape index (κ2) is 5.38. The number of benzene rings is 1. The van der Waals surface area contributed by atoms with Crippen molar-refractivity contribution in [2.45, 2.75) is 6.61 Å². The van der Waals surface area contributed by atoms with Crippen molar-refractivity contribution in [1.29, 1.82) is 0 Å². The van der Waals surface area contributed by atoms with Crippen LogP contribution in [0, 0.1) is 0 Å². The number of hydrogen-bond donors (Lipinski definition) is 1. The van der Waals surface area contributed by atoms with E-state index in [2.05, 4.69) is 20.9 Å². The van der Waals surface area contributed by atoms with E-state index in [1.807, 2.05) is 24.3 Å². The maximum atomic E-state index is 5.88. The third-order valence-corrected chi connectivity index (χ3v) is 2.90. The molecule has 2 aromatic rings. The van der Waals surface area contributed by atoms with Crippen LogP contribution in [0.3, 0.4) is 0 Å². The summed E-state index contributed by atoms with van der Waals surface area (Å²) >= 11 is 9.22. The van der Waals surface area contributed by atoms with Gasteiger partial charge < -0.3 is 10.5 Å². The van der Waals surface area contributed by atoms with E-state index < -0.39 is 0 Å². The Morgan fingerprint density at radius 2 is 2.18 bits per heavy atom. The molecular weight excluding hydrogens is 304 g/mol. The first-order valence-corrected chi connectivity index (χ1v) is 6.10. The largest absolute Gasteiger partial charge is 0.472 e. The van der Waals surface area contributed by atoms with Crippen molar-refractivity contribution >= 4 is 33.2 Å². The molecule has 1 heterocycles. The van der Waals surface area contributed by atoms with Crippen LogP contribution in [0.15, 0.2) is 41.0 Å². The van der Waals surface area contributed by atoms with Gasteiger partial charge in [0.05, 0.1) is 16.4 Å². The van der Waals surface area contributed by atoms with E-state index in [1.54, 1.807) is 12.3 Å². The first kappa shape index (κ1) is 12.2. The highest BCUT2D eigenvalue weighted by Crippen LogP contribution is 2.24. The molecule has 0 amide bonds. The molecule has 0 bridgehead atoms. The predicted molar refractivity (Wildman–Crippen MR) is 72.1 cm³/mol. The normalized spacial score (nSPS) is 10.2. The number of nitrogen functional groups attached to an aromatic ring is 1. The standard InChI is InChI=1S/C12H10BrClN2O/c13-11-5-10(15)6-16-12(11)17-7-8-2-1-3-9(14)4-8/h1-6H,7,15H2. The third-order valence-electron chi connectivity index (χ3n) is 2.09. The lowest BCUT2D eigenvalue weighted by Crippen LogP contribution is -1.98. The molecule has 0 aliphatic carbocycles. The minimum absolute atomic E-state index is 0.413. The molecule has 0 atom stereocenters. The summed E-state index contributed by atoms with van der Waals surface area (Å²) in [5.74, 6) is 0.513. The minimum Gasteiger partial charge on any atom is -0.472 e. The SMILES string of the molecule is Nc1cnc(OCc2cccc(Cl)c2)c(Br)c1. The van der Waals surface area contributed by atoms with Crippen molar-refractivity contribution < 1.29 is 4.74 Å². The Morgan fingerprint density at radius 3 is 2.88 bits per heavy atom. The second-order valence-corrected chi connectivity index (χ2v) is 4.76. The summed E-state index contributed by atoms with van der Waals surface area (Å²) in [5.41, 5.74) is 7.17. The van der Waals surface area contributed by atoms with Crippen LogP contribution in [0.4, 0.5) is 5.69 Å². The Labute approximate surface area is 113 Å². The highest BCUT2D eigenvalue weighted by atomic mass is 79.9. The van der Waals surface area contributed by atoms with E-state index in [4.69, 9.17) is 22.1 Å². The van der Waals surface area contributed by atoms with E-state index in [0.29, 0.717) is 23.2 Å². The highest BCUT2D eigenvalue weighted by molar-refractivity contribution is 9.10. The fraction of sp³-hybridized carbons (Fsp3) is 0.0833. The van der Waals surface area contributed by atoms with Crippen LogP contribution in [0.5, 0.6) is 5.88 Å². The lowest BCUT2D eigenvalue weighted by atomic mass is 10.2. The Hall–Kier alpha value is -1.26. The van der Waals surface area contributed by atoms with E-state index in [9.17, 15) is 0 Å². The smallest absolute Gasteiger partial charge is 0.228 e. The van der Waals surface area contributed by atoms with Gasteiger partial charge in [-0.1, -0.05) is 23.7 Å². The summed E-state index contributed by atoms with van der Waals surface area (Å²) in [7, 11) is 0. The molecule has 0 fully saturated rings. The van der Waals surface area contributed by atoms with Crippen LogP contribution < -0.4 is 10.5 Å². The molecule has 3 nitrogen and oxygen atoms in total. The van der Waals surface area contributed by atoms with Crippen molar-refractivity contribution in [3.63, 3.8) is 0 Å².